The summed E-state index contributed by atoms with van der Waals surface area (Å²) in [7, 11) is 0. The summed E-state index contributed by atoms with van der Waals surface area (Å²) >= 11 is 4.80. The lowest BCUT2D eigenvalue weighted by molar-refractivity contribution is 0.0931. The number of benzene rings is 1. The van der Waals surface area contributed by atoms with Crippen molar-refractivity contribution in [1.29, 1.82) is 0 Å². The van der Waals surface area contributed by atoms with E-state index in [-0.39, 0.29) is 17.4 Å². The van der Waals surface area contributed by atoms with Gasteiger partial charge in [-0.15, -0.1) is 0 Å². The minimum Gasteiger partial charge on any atom is -0.389 e. The predicted octanol–water partition coefficient (Wildman–Crippen LogP) is 3.17. The number of halogens is 1. The van der Waals surface area contributed by atoms with Gasteiger partial charge in [-0.1, -0.05) is 43.6 Å². The van der Waals surface area contributed by atoms with E-state index in [1.165, 1.54) is 19.3 Å². The van der Waals surface area contributed by atoms with Crippen LogP contribution in [0.3, 0.4) is 0 Å². The minimum atomic E-state index is -0.353. The molecule has 2 rings (SSSR count). The van der Waals surface area contributed by atoms with Gasteiger partial charge in [0.2, 0.25) is 0 Å². The zero-order chi connectivity index (χ0) is 13.0. The average molecular weight is 267 g/mol. The first-order valence-corrected chi connectivity index (χ1v) is 6.74. The molecule has 98 valence electrons. The van der Waals surface area contributed by atoms with Gasteiger partial charge in [0, 0.05) is 17.7 Å². The molecule has 0 aliphatic heterocycles. The van der Waals surface area contributed by atoms with E-state index in [0.717, 1.165) is 12.3 Å². The molecule has 0 atom stereocenters. The molecule has 0 spiro atoms. The Morgan fingerprint density at radius 2 is 2.22 bits per heavy atom. The largest absolute Gasteiger partial charge is 0.389 e. The van der Waals surface area contributed by atoms with Gasteiger partial charge in [-0.3, -0.25) is 0 Å². The Bertz CT molecular complexity index is 432. The van der Waals surface area contributed by atoms with Crippen LogP contribution in [-0.4, -0.2) is 11.6 Å². The minimum absolute atomic E-state index is 0.0869. The molecule has 1 aromatic carbocycles. The first-order chi connectivity index (χ1) is 8.68. The molecule has 0 radical (unpaired) electrons. The quantitative estimate of drug-likeness (QED) is 0.635. The standard InChI is InChI=1S/C14H18FNOS/c15-13-11(5-2-6-12(13)14(16)18)9-17-8-7-10-3-1-4-10/h2,5-6,10H,1,3-4,7-9H2,(H2,16,18). The summed E-state index contributed by atoms with van der Waals surface area (Å²) < 4.78 is 19.5. The van der Waals surface area contributed by atoms with E-state index in [4.69, 9.17) is 22.7 Å². The van der Waals surface area contributed by atoms with Crippen molar-refractivity contribution in [3.05, 3.63) is 35.1 Å². The number of thiocarbonyl (C=S) groups is 1. The van der Waals surface area contributed by atoms with Crippen LogP contribution in [0.5, 0.6) is 0 Å². The molecule has 1 aromatic rings. The van der Waals surface area contributed by atoms with Crippen LogP contribution in [0.15, 0.2) is 18.2 Å². The van der Waals surface area contributed by atoms with E-state index in [1.807, 2.05) is 0 Å². The first-order valence-electron chi connectivity index (χ1n) is 6.33. The molecule has 0 unspecified atom stereocenters. The Morgan fingerprint density at radius 1 is 1.44 bits per heavy atom. The summed E-state index contributed by atoms with van der Waals surface area (Å²) in [5.41, 5.74) is 6.27. The molecule has 0 bridgehead atoms. The number of hydrogen-bond donors (Lipinski definition) is 1. The molecule has 0 aromatic heterocycles. The van der Waals surface area contributed by atoms with Crippen LogP contribution in [0.25, 0.3) is 0 Å². The number of rotatable bonds is 6. The number of hydrogen-bond acceptors (Lipinski definition) is 2. The molecule has 18 heavy (non-hydrogen) atoms. The van der Waals surface area contributed by atoms with Crippen LogP contribution in [-0.2, 0) is 11.3 Å². The highest BCUT2D eigenvalue weighted by Crippen LogP contribution is 2.29. The maximum atomic E-state index is 13.9. The number of nitrogens with two attached hydrogens (primary N) is 1. The third-order valence-corrected chi connectivity index (χ3v) is 3.72. The predicted molar refractivity (Wildman–Crippen MR) is 73.9 cm³/mol. The van der Waals surface area contributed by atoms with Gasteiger partial charge in [0.05, 0.1) is 6.61 Å². The highest BCUT2D eigenvalue weighted by molar-refractivity contribution is 7.80. The van der Waals surface area contributed by atoms with Gasteiger partial charge in [-0.25, -0.2) is 4.39 Å². The molecular weight excluding hydrogens is 249 g/mol. The summed E-state index contributed by atoms with van der Waals surface area (Å²) in [6.07, 6.45) is 5.05. The normalized spacial score (nSPS) is 15.4. The fourth-order valence-electron chi connectivity index (χ4n) is 2.10. The fourth-order valence-corrected chi connectivity index (χ4v) is 2.25. The fraction of sp³-hybridized carbons (Fsp3) is 0.500. The topological polar surface area (TPSA) is 35.2 Å². The van der Waals surface area contributed by atoms with E-state index >= 15 is 0 Å². The van der Waals surface area contributed by atoms with E-state index in [1.54, 1.807) is 18.2 Å². The summed E-state index contributed by atoms with van der Waals surface area (Å²) in [6, 6.07) is 5.05. The Hall–Kier alpha value is -1.00. The Labute approximate surface area is 112 Å². The molecule has 0 heterocycles. The van der Waals surface area contributed by atoms with Gasteiger partial charge in [0.15, 0.2) is 0 Å². The molecule has 1 fully saturated rings. The highest BCUT2D eigenvalue weighted by Gasteiger charge is 2.16. The van der Waals surface area contributed by atoms with E-state index in [0.29, 0.717) is 17.7 Å². The molecule has 1 aliphatic rings. The van der Waals surface area contributed by atoms with E-state index in [2.05, 4.69) is 0 Å². The van der Waals surface area contributed by atoms with Crippen LogP contribution in [0, 0.1) is 11.7 Å². The highest BCUT2D eigenvalue weighted by atomic mass is 32.1. The van der Waals surface area contributed by atoms with Crippen molar-refractivity contribution in [1.82, 2.24) is 0 Å². The summed E-state index contributed by atoms with van der Waals surface area (Å²) in [5.74, 6) is 0.464. The van der Waals surface area contributed by atoms with E-state index in [9.17, 15) is 4.39 Å². The molecule has 2 N–H and O–H groups in total. The molecule has 1 aliphatic carbocycles. The van der Waals surface area contributed by atoms with Gasteiger partial charge in [0.25, 0.3) is 0 Å². The second-order valence-electron chi connectivity index (χ2n) is 4.78. The van der Waals surface area contributed by atoms with Crippen molar-refractivity contribution in [3.8, 4) is 0 Å². The lowest BCUT2D eigenvalue weighted by Gasteiger charge is -2.24. The molecule has 0 amide bonds. The van der Waals surface area contributed by atoms with Crippen molar-refractivity contribution in [2.75, 3.05) is 6.61 Å². The maximum Gasteiger partial charge on any atom is 0.138 e. The van der Waals surface area contributed by atoms with Crippen LogP contribution in [0.4, 0.5) is 4.39 Å². The lowest BCUT2D eigenvalue weighted by Crippen LogP contribution is -2.14. The average Bonchev–Trinajstić information content (AvgIpc) is 2.28. The third-order valence-electron chi connectivity index (χ3n) is 3.50. The zero-order valence-corrected chi connectivity index (χ0v) is 11.1. The van der Waals surface area contributed by atoms with Crippen LogP contribution < -0.4 is 5.73 Å². The van der Waals surface area contributed by atoms with Gasteiger partial charge < -0.3 is 10.5 Å². The lowest BCUT2D eigenvalue weighted by atomic mass is 9.83. The Morgan fingerprint density at radius 3 is 2.83 bits per heavy atom. The molecule has 0 saturated heterocycles. The first kappa shape index (κ1) is 13.4. The van der Waals surface area contributed by atoms with Crippen molar-refractivity contribution in [3.63, 3.8) is 0 Å². The third kappa shape index (κ3) is 3.27. The van der Waals surface area contributed by atoms with Crippen LogP contribution >= 0.6 is 12.2 Å². The van der Waals surface area contributed by atoms with Crippen LogP contribution in [0.1, 0.15) is 36.8 Å². The molecule has 1 saturated carbocycles. The smallest absolute Gasteiger partial charge is 0.138 e. The van der Waals surface area contributed by atoms with Gasteiger partial charge in [-0.05, 0) is 18.4 Å². The number of ether oxygens (including phenoxy) is 1. The molecule has 2 nitrogen and oxygen atoms in total. The monoisotopic (exact) mass is 267 g/mol. The van der Waals surface area contributed by atoms with Crippen LogP contribution in [0.2, 0.25) is 0 Å². The van der Waals surface area contributed by atoms with Crippen molar-refractivity contribution >= 4 is 17.2 Å². The summed E-state index contributed by atoms with van der Waals surface area (Å²) in [4.78, 5) is 0.0869. The second kappa shape index (κ2) is 6.25. The maximum absolute atomic E-state index is 13.9. The van der Waals surface area contributed by atoms with E-state index < -0.39 is 0 Å². The van der Waals surface area contributed by atoms with Gasteiger partial charge in [-0.2, -0.15) is 0 Å². The van der Waals surface area contributed by atoms with Crippen molar-refractivity contribution < 1.29 is 9.13 Å². The second-order valence-corrected chi connectivity index (χ2v) is 5.22. The zero-order valence-electron chi connectivity index (χ0n) is 10.3. The Kier molecular flexibility index (Phi) is 4.66. The molecule has 4 heteroatoms. The van der Waals surface area contributed by atoms with Crippen molar-refractivity contribution in [2.45, 2.75) is 32.3 Å². The molecular formula is C14H18FNOS. The summed E-state index contributed by atoms with van der Waals surface area (Å²) in [6.45, 7) is 0.983. The van der Waals surface area contributed by atoms with Gasteiger partial charge in [0.1, 0.15) is 10.8 Å². The Balaban J connectivity index is 1.84. The summed E-state index contributed by atoms with van der Waals surface area (Å²) in [5, 5.41) is 0. The SMILES string of the molecule is NC(=S)c1cccc(COCCC2CCC2)c1F. The van der Waals surface area contributed by atoms with Crippen molar-refractivity contribution in [2.24, 2.45) is 11.7 Å². The van der Waals surface area contributed by atoms with Gasteiger partial charge >= 0.3 is 0 Å².